The van der Waals surface area contributed by atoms with Crippen molar-refractivity contribution in [2.24, 2.45) is 11.7 Å². The summed E-state index contributed by atoms with van der Waals surface area (Å²) in [6.45, 7) is 4.72. The minimum absolute atomic E-state index is 0.109. The van der Waals surface area contributed by atoms with Gasteiger partial charge in [-0.25, -0.2) is 14.8 Å². The van der Waals surface area contributed by atoms with Crippen LogP contribution in [-0.4, -0.2) is 42.6 Å². The molecule has 0 spiro atoms. The fourth-order valence-electron chi connectivity index (χ4n) is 4.59. The lowest BCUT2D eigenvalue weighted by molar-refractivity contribution is 0.139. The molecule has 5 rings (SSSR count). The van der Waals surface area contributed by atoms with E-state index in [0.717, 1.165) is 52.3 Å². The average molecular weight is 471 g/mol. The van der Waals surface area contributed by atoms with E-state index in [1.54, 1.807) is 6.20 Å². The van der Waals surface area contributed by atoms with Crippen LogP contribution in [0.1, 0.15) is 50.4 Å². The number of imidazole rings is 2. The van der Waals surface area contributed by atoms with E-state index < -0.39 is 6.09 Å². The van der Waals surface area contributed by atoms with Crippen LogP contribution in [0.2, 0.25) is 0 Å². The van der Waals surface area contributed by atoms with Crippen LogP contribution in [0.5, 0.6) is 0 Å². The number of nitrogens with one attached hydrogen (secondary N) is 2. The Morgan fingerprint density at radius 1 is 0.943 bits per heavy atom. The Kier molecular flexibility index (Phi) is 6.13. The molecule has 0 saturated carbocycles. The Bertz CT molecular complexity index is 1310. The highest BCUT2D eigenvalue weighted by molar-refractivity contribution is 5.71. The zero-order valence-electron chi connectivity index (χ0n) is 19.9. The average Bonchev–Trinajstić information content (AvgIpc) is 3.64. The highest BCUT2D eigenvalue weighted by Gasteiger charge is 2.31. The van der Waals surface area contributed by atoms with E-state index in [4.69, 9.17) is 5.73 Å². The van der Waals surface area contributed by atoms with Crippen molar-refractivity contribution in [3.63, 3.8) is 0 Å². The Morgan fingerprint density at radius 3 is 2.06 bits per heavy atom. The molecule has 35 heavy (non-hydrogen) atoms. The molecular formula is C27H30N6O2. The first kappa shape index (κ1) is 22.9. The molecule has 4 aromatic rings. The number of hydrogen-bond acceptors (Lipinski definition) is 4. The zero-order valence-corrected chi connectivity index (χ0v) is 19.9. The second-order valence-corrected chi connectivity index (χ2v) is 9.42. The summed E-state index contributed by atoms with van der Waals surface area (Å²) in [7, 11) is 0. The minimum atomic E-state index is -0.895. The van der Waals surface area contributed by atoms with Crippen LogP contribution in [0.3, 0.4) is 0 Å². The summed E-state index contributed by atoms with van der Waals surface area (Å²) in [4.78, 5) is 28.5. The van der Waals surface area contributed by atoms with Crippen molar-refractivity contribution in [1.82, 2.24) is 24.8 Å². The number of carbonyl (C=O) groups is 1. The van der Waals surface area contributed by atoms with Crippen LogP contribution in [0, 0.1) is 5.92 Å². The van der Waals surface area contributed by atoms with Gasteiger partial charge in [0.2, 0.25) is 0 Å². The highest BCUT2D eigenvalue weighted by Crippen LogP contribution is 2.32. The van der Waals surface area contributed by atoms with Crippen molar-refractivity contribution in [3.05, 3.63) is 72.6 Å². The Labute approximate surface area is 204 Å². The van der Waals surface area contributed by atoms with Crippen LogP contribution in [0.25, 0.3) is 33.6 Å². The third-order valence-electron chi connectivity index (χ3n) is 6.76. The van der Waals surface area contributed by atoms with Crippen molar-refractivity contribution < 1.29 is 9.90 Å². The van der Waals surface area contributed by atoms with Gasteiger partial charge in [-0.05, 0) is 41.0 Å². The molecule has 3 heterocycles. The Morgan fingerprint density at radius 2 is 1.49 bits per heavy atom. The first-order valence-corrected chi connectivity index (χ1v) is 12.0. The lowest BCUT2D eigenvalue weighted by atomic mass is 10.0. The molecule has 1 unspecified atom stereocenters. The summed E-state index contributed by atoms with van der Waals surface area (Å²) >= 11 is 0. The molecule has 8 nitrogen and oxygen atoms in total. The van der Waals surface area contributed by atoms with E-state index in [-0.39, 0.29) is 12.1 Å². The summed E-state index contributed by atoms with van der Waals surface area (Å²) in [6.07, 6.45) is 4.36. The van der Waals surface area contributed by atoms with E-state index in [1.165, 1.54) is 4.90 Å². The van der Waals surface area contributed by atoms with Gasteiger partial charge in [0.05, 0.1) is 35.9 Å². The minimum Gasteiger partial charge on any atom is -0.465 e. The topological polar surface area (TPSA) is 124 Å². The highest BCUT2D eigenvalue weighted by atomic mass is 16.4. The van der Waals surface area contributed by atoms with Gasteiger partial charge in [0.15, 0.2) is 0 Å². The number of nitrogens with two attached hydrogens (primary N) is 1. The summed E-state index contributed by atoms with van der Waals surface area (Å²) < 4.78 is 0. The van der Waals surface area contributed by atoms with Crippen LogP contribution in [0.4, 0.5) is 4.79 Å². The largest absolute Gasteiger partial charge is 0.465 e. The van der Waals surface area contributed by atoms with E-state index in [2.05, 4.69) is 82.3 Å². The standard InChI is InChI=1S/C27H30N6O2/c1-16(2)24(28)26-30-15-22(32-26)20-11-7-18(8-12-20)17-5-9-19(10-6-17)21-14-29-25(31-21)23-4-3-13-33(23)27(34)35/h5-12,14-16,23-24H,3-4,13,28H2,1-2H3,(H,29,31)(H,30,32)(H,34,35)/t23?,24-/m0/s1. The quantitative estimate of drug-likeness (QED) is 0.292. The smallest absolute Gasteiger partial charge is 0.407 e. The van der Waals surface area contributed by atoms with Gasteiger partial charge >= 0.3 is 6.09 Å². The number of likely N-dealkylation sites (tertiary alicyclic amines) is 1. The number of aromatic nitrogens is 4. The van der Waals surface area contributed by atoms with Gasteiger partial charge in [-0.1, -0.05) is 62.4 Å². The molecule has 8 heteroatoms. The van der Waals surface area contributed by atoms with E-state index in [0.29, 0.717) is 18.3 Å². The number of aromatic amines is 2. The molecule has 0 aliphatic carbocycles. The molecule has 2 aromatic heterocycles. The predicted octanol–water partition coefficient (Wildman–Crippen LogP) is 5.60. The SMILES string of the molecule is CC(C)[C@H](N)c1ncc(-c2ccc(-c3ccc(-c4cnc(C5CCCN5C(=O)O)[nH]4)cc3)cc2)[nH]1. The van der Waals surface area contributed by atoms with Crippen molar-refractivity contribution in [3.8, 4) is 33.6 Å². The van der Waals surface area contributed by atoms with Gasteiger partial charge < -0.3 is 20.8 Å². The maximum absolute atomic E-state index is 11.5. The number of amides is 1. The number of hydrogen-bond donors (Lipinski definition) is 4. The number of rotatable bonds is 6. The Hall–Kier alpha value is -3.91. The molecule has 0 radical (unpaired) electrons. The summed E-state index contributed by atoms with van der Waals surface area (Å²) in [5.41, 5.74) is 12.3. The van der Waals surface area contributed by atoms with Gasteiger partial charge in [0, 0.05) is 6.54 Å². The molecule has 180 valence electrons. The molecule has 2 aromatic carbocycles. The molecule has 1 aliphatic rings. The maximum atomic E-state index is 11.5. The van der Waals surface area contributed by atoms with Gasteiger partial charge in [-0.2, -0.15) is 0 Å². The lowest BCUT2D eigenvalue weighted by Gasteiger charge is -2.19. The molecule has 1 aliphatic heterocycles. The van der Waals surface area contributed by atoms with Crippen LogP contribution in [-0.2, 0) is 0 Å². The fraction of sp³-hybridized carbons (Fsp3) is 0.296. The molecule has 1 saturated heterocycles. The summed E-state index contributed by atoms with van der Waals surface area (Å²) in [5.74, 6) is 1.82. The maximum Gasteiger partial charge on any atom is 0.407 e. The molecule has 1 fully saturated rings. The predicted molar refractivity (Wildman–Crippen MR) is 136 cm³/mol. The second-order valence-electron chi connectivity index (χ2n) is 9.42. The van der Waals surface area contributed by atoms with Crippen LogP contribution < -0.4 is 5.73 Å². The third kappa shape index (κ3) is 4.57. The number of H-pyrrole nitrogens is 2. The number of nitrogens with zero attached hydrogens (tertiary/aromatic N) is 3. The molecule has 1 amide bonds. The van der Waals surface area contributed by atoms with Crippen molar-refractivity contribution >= 4 is 6.09 Å². The second kappa shape index (κ2) is 9.38. The van der Waals surface area contributed by atoms with Gasteiger partial charge in [-0.3, -0.25) is 4.90 Å². The van der Waals surface area contributed by atoms with Crippen molar-refractivity contribution in [1.29, 1.82) is 0 Å². The van der Waals surface area contributed by atoms with Crippen molar-refractivity contribution in [2.45, 2.75) is 38.8 Å². The molecule has 0 bridgehead atoms. The summed E-state index contributed by atoms with van der Waals surface area (Å²) in [5, 5.41) is 9.41. The molecular weight excluding hydrogens is 440 g/mol. The number of benzene rings is 2. The first-order chi connectivity index (χ1) is 16.9. The van der Waals surface area contributed by atoms with Gasteiger partial charge in [0.1, 0.15) is 11.6 Å². The van der Waals surface area contributed by atoms with Crippen LogP contribution >= 0.6 is 0 Å². The number of carboxylic acid groups (broad SMARTS) is 1. The lowest BCUT2D eigenvalue weighted by Crippen LogP contribution is -2.29. The van der Waals surface area contributed by atoms with Gasteiger partial charge in [-0.15, -0.1) is 0 Å². The van der Waals surface area contributed by atoms with Crippen molar-refractivity contribution in [2.75, 3.05) is 6.54 Å². The normalized spacial score (nSPS) is 16.7. The Balaban J connectivity index is 1.30. The third-order valence-corrected chi connectivity index (χ3v) is 6.76. The molecule has 5 N–H and O–H groups in total. The van der Waals surface area contributed by atoms with E-state index in [1.807, 2.05) is 6.20 Å². The zero-order chi connectivity index (χ0) is 24.5. The van der Waals surface area contributed by atoms with Gasteiger partial charge in [0.25, 0.3) is 0 Å². The first-order valence-electron chi connectivity index (χ1n) is 12.0. The monoisotopic (exact) mass is 470 g/mol. The van der Waals surface area contributed by atoms with E-state index >= 15 is 0 Å². The molecule has 2 atom stereocenters. The summed E-state index contributed by atoms with van der Waals surface area (Å²) in [6, 6.07) is 16.3. The van der Waals surface area contributed by atoms with Crippen LogP contribution in [0.15, 0.2) is 60.9 Å². The fourth-order valence-corrected chi connectivity index (χ4v) is 4.59. The van der Waals surface area contributed by atoms with E-state index in [9.17, 15) is 9.90 Å².